The van der Waals surface area contributed by atoms with E-state index in [9.17, 15) is 8.42 Å². The first-order valence-corrected chi connectivity index (χ1v) is 7.87. The predicted molar refractivity (Wildman–Crippen MR) is 76.0 cm³/mol. The Bertz CT molecular complexity index is 509. The van der Waals surface area contributed by atoms with E-state index in [0.717, 1.165) is 0 Å². The van der Waals surface area contributed by atoms with Crippen LogP contribution in [0.2, 0.25) is 5.02 Å². The molecule has 1 aromatic rings. The highest BCUT2D eigenvalue weighted by atomic mass is 79.9. The number of benzene rings is 1. The van der Waals surface area contributed by atoms with Crippen LogP contribution in [0.3, 0.4) is 0 Å². The largest absolute Gasteiger partial charge is 0.282 e. The molecule has 3 nitrogen and oxygen atoms in total. The van der Waals surface area contributed by atoms with Gasteiger partial charge in [-0.25, -0.2) is 8.42 Å². The van der Waals surface area contributed by atoms with Crippen LogP contribution in [0.4, 0.5) is 5.69 Å². The molecule has 0 saturated carbocycles. The van der Waals surface area contributed by atoms with Crippen molar-refractivity contribution in [2.45, 2.75) is 20.8 Å². The van der Waals surface area contributed by atoms with Crippen LogP contribution in [0.1, 0.15) is 20.8 Å². The van der Waals surface area contributed by atoms with Gasteiger partial charge in [0.15, 0.2) is 0 Å². The van der Waals surface area contributed by atoms with Crippen molar-refractivity contribution in [2.24, 2.45) is 5.41 Å². The molecule has 0 aromatic heterocycles. The van der Waals surface area contributed by atoms with Gasteiger partial charge in [0.05, 0.1) is 11.4 Å². The minimum absolute atomic E-state index is 0.0646. The zero-order chi connectivity index (χ0) is 13.3. The molecule has 1 rings (SSSR count). The Kier molecular flexibility index (Phi) is 4.49. The molecule has 0 fully saturated rings. The summed E-state index contributed by atoms with van der Waals surface area (Å²) in [5, 5.41) is 0.552. The minimum Gasteiger partial charge on any atom is -0.282 e. The van der Waals surface area contributed by atoms with Crippen LogP contribution >= 0.6 is 27.5 Å². The molecule has 1 aromatic carbocycles. The average molecular weight is 341 g/mol. The van der Waals surface area contributed by atoms with Gasteiger partial charge in [0, 0.05) is 9.50 Å². The van der Waals surface area contributed by atoms with E-state index in [-0.39, 0.29) is 11.2 Å². The highest BCUT2D eigenvalue weighted by Gasteiger charge is 2.22. The third kappa shape index (κ3) is 5.27. The number of anilines is 1. The number of rotatable bonds is 3. The topological polar surface area (TPSA) is 46.2 Å². The monoisotopic (exact) mass is 339 g/mol. The zero-order valence-corrected chi connectivity index (χ0v) is 13.1. The lowest BCUT2D eigenvalue weighted by Gasteiger charge is -2.19. The molecular formula is C11H15BrClNO2S. The van der Waals surface area contributed by atoms with Gasteiger partial charge >= 0.3 is 0 Å². The third-order valence-electron chi connectivity index (χ3n) is 1.82. The first-order valence-electron chi connectivity index (χ1n) is 5.05. The Balaban J connectivity index is 2.91. The lowest BCUT2D eigenvalue weighted by molar-refractivity contribution is 0.463. The van der Waals surface area contributed by atoms with Gasteiger partial charge < -0.3 is 0 Å². The second-order valence-electron chi connectivity index (χ2n) is 5.05. The summed E-state index contributed by atoms with van der Waals surface area (Å²) in [6.07, 6.45) is 0. The molecule has 17 heavy (non-hydrogen) atoms. The molecule has 6 heteroatoms. The molecule has 0 heterocycles. The number of hydrogen-bond donors (Lipinski definition) is 1. The molecule has 0 unspecified atom stereocenters. The SMILES string of the molecule is CC(C)(C)CS(=O)(=O)Nc1ccc(Cl)cc1Br. The molecule has 0 saturated heterocycles. The number of nitrogens with one attached hydrogen (secondary N) is 1. The molecule has 0 radical (unpaired) electrons. The van der Waals surface area contributed by atoms with Crippen molar-refractivity contribution in [1.82, 2.24) is 0 Å². The molecule has 1 N–H and O–H groups in total. The van der Waals surface area contributed by atoms with Gasteiger partial charge in [0.1, 0.15) is 0 Å². The summed E-state index contributed by atoms with van der Waals surface area (Å²) in [6, 6.07) is 4.92. The Morgan fingerprint density at radius 1 is 1.35 bits per heavy atom. The van der Waals surface area contributed by atoms with Crippen LogP contribution in [-0.4, -0.2) is 14.2 Å². The molecule has 0 aliphatic heterocycles. The van der Waals surface area contributed by atoms with Gasteiger partial charge in [-0.3, -0.25) is 4.72 Å². The predicted octanol–water partition coefficient (Wildman–Crippen LogP) is 3.89. The van der Waals surface area contributed by atoms with Crippen LogP contribution in [0.25, 0.3) is 0 Å². The van der Waals surface area contributed by atoms with E-state index in [4.69, 9.17) is 11.6 Å². The second-order valence-corrected chi connectivity index (χ2v) is 8.06. The number of sulfonamides is 1. The molecular weight excluding hydrogens is 326 g/mol. The lowest BCUT2D eigenvalue weighted by Crippen LogP contribution is -2.26. The van der Waals surface area contributed by atoms with Crippen LogP contribution in [-0.2, 0) is 10.0 Å². The van der Waals surface area contributed by atoms with Crippen LogP contribution < -0.4 is 4.72 Å². The molecule has 96 valence electrons. The summed E-state index contributed by atoms with van der Waals surface area (Å²) < 4.78 is 26.9. The fourth-order valence-corrected chi connectivity index (χ4v) is 3.98. The van der Waals surface area contributed by atoms with Crippen LogP contribution in [0.15, 0.2) is 22.7 Å². The van der Waals surface area contributed by atoms with E-state index in [1.54, 1.807) is 18.2 Å². The van der Waals surface area contributed by atoms with Gasteiger partial charge in [-0.05, 0) is 39.5 Å². The Labute approximate surface area is 116 Å². The minimum atomic E-state index is -3.35. The van der Waals surface area contributed by atoms with E-state index in [1.807, 2.05) is 20.8 Å². The van der Waals surface area contributed by atoms with Crippen LogP contribution in [0.5, 0.6) is 0 Å². The van der Waals surface area contributed by atoms with Crippen molar-refractivity contribution in [3.63, 3.8) is 0 Å². The van der Waals surface area contributed by atoms with E-state index in [0.29, 0.717) is 15.2 Å². The fourth-order valence-electron chi connectivity index (χ4n) is 1.35. The Morgan fingerprint density at radius 2 is 1.94 bits per heavy atom. The standard InChI is InChI=1S/C11H15BrClNO2S/c1-11(2,3)7-17(15,16)14-10-5-4-8(13)6-9(10)12/h4-6,14H,7H2,1-3H3. The Morgan fingerprint density at radius 3 is 2.41 bits per heavy atom. The van der Waals surface area contributed by atoms with Gasteiger partial charge in [0.2, 0.25) is 10.0 Å². The summed E-state index contributed by atoms with van der Waals surface area (Å²) >= 11 is 9.06. The summed E-state index contributed by atoms with van der Waals surface area (Å²) in [6.45, 7) is 5.63. The fraction of sp³-hybridized carbons (Fsp3) is 0.455. The quantitative estimate of drug-likeness (QED) is 0.907. The average Bonchev–Trinajstić information content (AvgIpc) is 2.05. The first-order chi connectivity index (χ1) is 7.59. The molecule has 0 spiro atoms. The van der Waals surface area contributed by atoms with Gasteiger partial charge in [-0.2, -0.15) is 0 Å². The van der Waals surface area contributed by atoms with Crippen molar-refractivity contribution in [3.8, 4) is 0 Å². The maximum atomic E-state index is 11.9. The highest BCUT2D eigenvalue weighted by molar-refractivity contribution is 9.10. The maximum absolute atomic E-state index is 11.9. The summed E-state index contributed by atoms with van der Waals surface area (Å²) in [7, 11) is -3.35. The van der Waals surface area contributed by atoms with Crippen molar-refractivity contribution in [2.75, 3.05) is 10.5 Å². The number of hydrogen-bond acceptors (Lipinski definition) is 2. The molecule has 0 atom stereocenters. The smallest absolute Gasteiger partial charge is 0.233 e. The van der Waals surface area contributed by atoms with Gasteiger partial charge in [-0.1, -0.05) is 32.4 Å². The first kappa shape index (κ1) is 14.8. The van der Waals surface area contributed by atoms with Crippen molar-refractivity contribution in [3.05, 3.63) is 27.7 Å². The molecule has 0 aliphatic rings. The van der Waals surface area contributed by atoms with Crippen molar-refractivity contribution >= 4 is 43.2 Å². The molecule has 0 amide bonds. The van der Waals surface area contributed by atoms with E-state index in [1.165, 1.54) is 0 Å². The molecule has 0 bridgehead atoms. The van der Waals surface area contributed by atoms with Crippen molar-refractivity contribution in [1.29, 1.82) is 0 Å². The summed E-state index contributed by atoms with van der Waals surface area (Å²) in [5.74, 6) is 0.0646. The Hall–Kier alpha value is -0.260. The lowest BCUT2D eigenvalue weighted by atomic mass is 10.0. The molecule has 0 aliphatic carbocycles. The maximum Gasteiger partial charge on any atom is 0.233 e. The summed E-state index contributed by atoms with van der Waals surface area (Å²) in [4.78, 5) is 0. The zero-order valence-electron chi connectivity index (χ0n) is 9.92. The number of halogens is 2. The van der Waals surface area contributed by atoms with E-state index < -0.39 is 10.0 Å². The van der Waals surface area contributed by atoms with Gasteiger partial charge in [-0.15, -0.1) is 0 Å². The normalized spacial score (nSPS) is 12.5. The van der Waals surface area contributed by atoms with E-state index in [2.05, 4.69) is 20.7 Å². The summed E-state index contributed by atoms with van der Waals surface area (Å²) in [5.41, 5.74) is 0.212. The third-order valence-corrected chi connectivity index (χ3v) is 4.49. The van der Waals surface area contributed by atoms with Crippen molar-refractivity contribution < 1.29 is 8.42 Å². The highest BCUT2D eigenvalue weighted by Crippen LogP contribution is 2.27. The second kappa shape index (κ2) is 5.16. The van der Waals surface area contributed by atoms with Gasteiger partial charge in [0.25, 0.3) is 0 Å². The van der Waals surface area contributed by atoms with Crippen LogP contribution in [0, 0.1) is 5.41 Å². The van der Waals surface area contributed by atoms with E-state index >= 15 is 0 Å².